The average molecular weight is 245 g/mol. The number of aromatic nitrogens is 2. The number of nitrogens with zero attached hydrogens (tertiary/aromatic N) is 5. The topological polar surface area (TPSA) is 56.0 Å². The van der Waals surface area contributed by atoms with Crippen molar-refractivity contribution >= 4 is 5.82 Å². The molecule has 0 radical (unpaired) electrons. The largest absolute Gasteiger partial charge is 0.354 e. The lowest BCUT2D eigenvalue weighted by Gasteiger charge is -2.34. The van der Waals surface area contributed by atoms with E-state index in [9.17, 15) is 0 Å². The summed E-state index contributed by atoms with van der Waals surface area (Å²) in [5.41, 5.74) is 1.08. The zero-order valence-electron chi connectivity index (χ0n) is 11.0. The van der Waals surface area contributed by atoms with Crippen LogP contribution in [0.2, 0.25) is 0 Å². The van der Waals surface area contributed by atoms with E-state index in [4.69, 9.17) is 5.26 Å². The maximum atomic E-state index is 8.67. The lowest BCUT2D eigenvalue weighted by Crippen LogP contribution is -2.46. The average Bonchev–Trinajstić information content (AvgIpc) is 2.40. The normalized spacial score (nSPS) is 16.9. The molecule has 0 aromatic carbocycles. The molecule has 2 heterocycles. The maximum Gasteiger partial charge on any atom is 0.132 e. The van der Waals surface area contributed by atoms with E-state index in [0.717, 1.165) is 37.7 Å². The second-order valence-corrected chi connectivity index (χ2v) is 4.88. The van der Waals surface area contributed by atoms with Crippen LogP contribution in [-0.4, -0.2) is 47.6 Å². The first-order chi connectivity index (χ1) is 8.70. The Kier molecular flexibility index (Phi) is 4.11. The van der Waals surface area contributed by atoms with Gasteiger partial charge in [0.1, 0.15) is 12.1 Å². The summed E-state index contributed by atoms with van der Waals surface area (Å²) in [6.45, 7) is 8.50. The molecule has 0 unspecified atom stereocenters. The van der Waals surface area contributed by atoms with Gasteiger partial charge in [0.2, 0.25) is 0 Å². The fourth-order valence-corrected chi connectivity index (χ4v) is 2.09. The lowest BCUT2D eigenvalue weighted by molar-refractivity contribution is 0.286. The van der Waals surface area contributed by atoms with Gasteiger partial charge in [-0.1, -0.05) is 13.8 Å². The van der Waals surface area contributed by atoms with E-state index >= 15 is 0 Å². The summed E-state index contributed by atoms with van der Waals surface area (Å²) < 4.78 is 0. The minimum absolute atomic E-state index is 0.423. The van der Waals surface area contributed by atoms with Crippen LogP contribution in [0.4, 0.5) is 5.82 Å². The predicted molar refractivity (Wildman–Crippen MR) is 70.4 cm³/mol. The fraction of sp³-hybridized carbons (Fsp3) is 0.615. The van der Waals surface area contributed by atoms with E-state index in [1.165, 1.54) is 0 Å². The molecule has 5 heteroatoms. The quantitative estimate of drug-likeness (QED) is 0.750. The van der Waals surface area contributed by atoms with Gasteiger partial charge in [0, 0.05) is 37.9 Å². The van der Waals surface area contributed by atoms with Crippen LogP contribution in [0.3, 0.4) is 0 Å². The lowest BCUT2D eigenvalue weighted by atomic mass is 10.1. The van der Waals surface area contributed by atoms with Gasteiger partial charge >= 0.3 is 0 Å². The van der Waals surface area contributed by atoms with Crippen molar-refractivity contribution in [3.8, 4) is 6.07 Å². The molecule has 5 nitrogen and oxygen atoms in total. The van der Waals surface area contributed by atoms with Crippen molar-refractivity contribution < 1.29 is 0 Å². The smallest absolute Gasteiger partial charge is 0.132 e. The molecule has 0 spiro atoms. The molecule has 1 saturated heterocycles. The maximum absolute atomic E-state index is 8.67. The van der Waals surface area contributed by atoms with Crippen molar-refractivity contribution in [3.63, 3.8) is 0 Å². The van der Waals surface area contributed by atoms with Gasteiger partial charge in [0.15, 0.2) is 0 Å². The van der Waals surface area contributed by atoms with Crippen molar-refractivity contribution in [1.29, 1.82) is 5.26 Å². The van der Waals surface area contributed by atoms with E-state index in [0.29, 0.717) is 12.5 Å². The summed E-state index contributed by atoms with van der Waals surface area (Å²) in [4.78, 5) is 13.1. The molecule has 0 saturated carbocycles. The van der Waals surface area contributed by atoms with E-state index < -0.39 is 0 Å². The molecule has 96 valence electrons. The minimum atomic E-state index is 0.423. The van der Waals surface area contributed by atoms with E-state index in [2.05, 4.69) is 45.8 Å². The molecule has 0 aliphatic carbocycles. The highest BCUT2D eigenvalue weighted by Gasteiger charge is 2.18. The van der Waals surface area contributed by atoms with Crippen molar-refractivity contribution in [2.45, 2.75) is 19.8 Å². The first kappa shape index (κ1) is 12.8. The summed E-state index contributed by atoms with van der Waals surface area (Å²) >= 11 is 0. The third-order valence-corrected chi connectivity index (χ3v) is 3.26. The van der Waals surface area contributed by atoms with Gasteiger partial charge in [0.05, 0.1) is 12.6 Å². The molecule has 1 fully saturated rings. The molecule has 0 atom stereocenters. The van der Waals surface area contributed by atoms with Gasteiger partial charge in [-0.2, -0.15) is 5.26 Å². The molecule has 0 N–H and O–H groups in total. The SMILES string of the molecule is CC(C)c1cc(N2CCN(CC#N)CC2)ncn1. The number of nitriles is 1. The van der Waals surface area contributed by atoms with Crippen LogP contribution in [0, 0.1) is 11.3 Å². The summed E-state index contributed by atoms with van der Waals surface area (Å²) in [7, 11) is 0. The third kappa shape index (κ3) is 2.96. The standard InChI is InChI=1S/C13H19N5/c1-11(2)12-9-13(16-10-15-12)18-7-5-17(4-3-14)6-8-18/h9-11H,4-8H2,1-2H3. The molecule has 18 heavy (non-hydrogen) atoms. The number of piperazine rings is 1. The summed E-state index contributed by atoms with van der Waals surface area (Å²) in [5.74, 6) is 1.43. The van der Waals surface area contributed by atoms with Crippen LogP contribution in [0.5, 0.6) is 0 Å². The highest BCUT2D eigenvalue weighted by molar-refractivity contribution is 5.40. The molecule has 1 aromatic rings. The van der Waals surface area contributed by atoms with Gasteiger partial charge in [0.25, 0.3) is 0 Å². The molecule has 2 rings (SSSR count). The number of hydrogen-bond donors (Lipinski definition) is 0. The second-order valence-electron chi connectivity index (χ2n) is 4.88. The second kappa shape index (κ2) is 5.78. The highest BCUT2D eigenvalue weighted by atomic mass is 15.3. The Hall–Kier alpha value is -1.67. The molecule has 1 aromatic heterocycles. The van der Waals surface area contributed by atoms with E-state index in [1.807, 2.05) is 0 Å². The zero-order valence-corrected chi connectivity index (χ0v) is 11.0. The first-order valence-electron chi connectivity index (χ1n) is 6.37. The number of rotatable bonds is 3. The molecule has 1 aliphatic heterocycles. The van der Waals surface area contributed by atoms with Gasteiger partial charge < -0.3 is 4.90 Å². The zero-order chi connectivity index (χ0) is 13.0. The van der Waals surface area contributed by atoms with Crippen LogP contribution in [0.15, 0.2) is 12.4 Å². The Morgan fingerprint density at radius 2 is 2.00 bits per heavy atom. The van der Waals surface area contributed by atoms with Crippen molar-refractivity contribution in [1.82, 2.24) is 14.9 Å². The van der Waals surface area contributed by atoms with Crippen LogP contribution in [-0.2, 0) is 0 Å². The van der Waals surface area contributed by atoms with Gasteiger partial charge in [-0.05, 0) is 5.92 Å². The van der Waals surface area contributed by atoms with E-state index in [-0.39, 0.29) is 0 Å². The minimum Gasteiger partial charge on any atom is -0.354 e. The Bertz CT molecular complexity index is 429. The summed E-state index contributed by atoms with van der Waals surface area (Å²) in [6.07, 6.45) is 1.65. The predicted octanol–water partition coefficient (Wildman–Crippen LogP) is 1.25. The molecular formula is C13H19N5. The van der Waals surface area contributed by atoms with Gasteiger partial charge in [-0.3, -0.25) is 4.90 Å². The molecule has 0 amide bonds. The number of anilines is 1. The monoisotopic (exact) mass is 245 g/mol. The van der Waals surface area contributed by atoms with Crippen LogP contribution in [0.1, 0.15) is 25.5 Å². The Morgan fingerprint density at radius 3 is 2.61 bits per heavy atom. The fourth-order valence-electron chi connectivity index (χ4n) is 2.09. The summed E-state index contributed by atoms with van der Waals surface area (Å²) in [6, 6.07) is 4.27. The Balaban J connectivity index is 2.01. The number of hydrogen-bond acceptors (Lipinski definition) is 5. The van der Waals surface area contributed by atoms with Crippen molar-refractivity contribution in [3.05, 3.63) is 18.1 Å². The Morgan fingerprint density at radius 1 is 1.28 bits per heavy atom. The van der Waals surface area contributed by atoms with E-state index in [1.54, 1.807) is 6.33 Å². The molecule has 0 bridgehead atoms. The van der Waals surface area contributed by atoms with Crippen molar-refractivity contribution in [2.24, 2.45) is 0 Å². The van der Waals surface area contributed by atoms with Gasteiger partial charge in [-0.15, -0.1) is 0 Å². The molecule has 1 aliphatic rings. The summed E-state index contributed by atoms with van der Waals surface area (Å²) in [5, 5.41) is 8.67. The first-order valence-corrected chi connectivity index (χ1v) is 6.37. The molecular weight excluding hydrogens is 226 g/mol. The van der Waals surface area contributed by atoms with Gasteiger partial charge in [-0.25, -0.2) is 9.97 Å². The van der Waals surface area contributed by atoms with Crippen LogP contribution >= 0.6 is 0 Å². The Labute approximate surface area is 108 Å². The third-order valence-electron chi connectivity index (χ3n) is 3.26. The van der Waals surface area contributed by atoms with Crippen LogP contribution in [0.25, 0.3) is 0 Å². The highest BCUT2D eigenvalue weighted by Crippen LogP contribution is 2.18. The van der Waals surface area contributed by atoms with Crippen molar-refractivity contribution in [2.75, 3.05) is 37.6 Å². The van der Waals surface area contributed by atoms with Crippen LogP contribution < -0.4 is 4.90 Å².